The number of piperazine rings is 1. The van der Waals surface area contributed by atoms with E-state index in [2.05, 4.69) is 28.8 Å². The van der Waals surface area contributed by atoms with Crippen LogP contribution in [0.2, 0.25) is 0 Å². The number of rotatable bonds is 6. The van der Waals surface area contributed by atoms with E-state index in [9.17, 15) is 8.42 Å². The van der Waals surface area contributed by atoms with E-state index in [0.717, 1.165) is 25.3 Å². The van der Waals surface area contributed by atoms with Crippen molar-refractivity contribution in [2.24, 2.45) is 0 Å². The largest absolute Gasteiger partial charge is 0.495 e. The number of benzene rings is 2. The van der Waals surface area contributed by atoms with Crippen molar-refractivity contribution in [2.75, 3.05) is 36.4 Å². The summed E-state index contributed by atoms with van der Waals surface area (Å²) in [5.74, 6) is 1.07. The van der Waals surface area contributed by atoms with Crippen LogP contribution in [0.15, 0.2) is 70.2 Å². The van der Waals surface area contributed by atoms with Crippen LogP contribution in [0.25, 0.3) is 11.3 Å². The summed E-state index contributed by atoms with van der Waals surface area (Å²) < 4.78 is 39.9. The molecule has 3 aromatic rings. The number of nitrogens with zero attached hydrogens (tertiary/aromatic N) is 1. The first-order valence-electron chi connectivity index (χ1n) is 10.1. The van der Waals surface area contributed by atoms with E-state index in [0.29, 0.717) is 22.8 Å². The lowest BCUT2D eigenvalue weighted by Gasteiger charge is -2.44. The average molecular weight is 442 g/mol. The molecule has 1 aromatic heterocycles. The molecule has 31 heavy (non-hydrogen) atoms. The summed E-state index contributed by atoms with van der Waals surface area (Å²) in [5.41, 5.74) is 1.93. The molecule has 2 aromatic carbocycles. The van der Waals surface area contributed by atoms with E-state index < -0.39 is 10.0 Å². The van der Waals surface area contributed by atoms with Gasteiger partial charge in [0.1, 0.15) is 11.5 Å². The van der Waals surface area contributed by atoms with E-state index in [1.807, 2.05) is 18.2 Å². The van der Waals surface area contributed by atoms with Gasteiger partial charge in [0.15, 0.2) is 0 Å². The molecule has 0 saturated carbocycles. The van der Waals surface area contributed by atoms with Crippen molar-refractivity contribution in [1.82, 2.24) is 5.32 Å². The molecule has 7 nitrogen and oxygen atoms in total. The number of ether oxygens (including phenoxy) is 1. The van der Waals surface area contributed by atoms with Gasteiger partial charge in [-0.05, 0) is 56.3 Å². The van der Waals surface area contributed by atoms with Crippen LogP contribution in [-0.4, -0.2) is 40.7 Å². The second-order valence-corrected chi connectivity index (χ2v) is 9.82. The molecule has 2 N–H and O–H groups in total. The predicted octanol–water partition coefficient (Wildman–Crippen LogP) is 3.94. The van der Waals surface area contributed by atoms with Gasteiger partial charge in [0.05, 0.1) is 24.0 Å². The summed E-state index contributed by atoms with van der Waals surface area (Å²) >= 11 is 0. The van der Waals surface area contributed by atoms with Gasteiger partial charge < -0.3 is 19.4 Å². The van der Waals surface area contributed by atoms with Crippen LogP contribution in [-0.2, 0) is 10.0 Å². The van der Waals surface area contributed by atoms with Gasteiger partial charge in [-0.3, -0.25) is 4.72 Å². The van der Waals surface area contributed by atoms with Crippen molar-refractivity contribution < 1.29 is 17.6 Å². The van der Waals surface area contributed by atoms with Gasteiger partial charge in [-0.2, -0.15) is 0 Å². The van der Waals surface area contributed by atoms with E-state index in [1.54, 1.807) is 42.7 Å². The van der Waals surface area contributed by atoms with Crippen LogP contribution in [0.1, 0.15) is 13.8 Å². The fourth-order valence-electron chi connectivity index (χ4n) is 3.87. The monoisotopic (exact) mass is 441 g/mol. The first-order chi connectivity index (χ1) is 14.8. The Balaban J connectivity index is 1.67. The van der Waals surface area contributed by atoms with Crippen molar-refractivity contribution in [3.8, 4) is 17.1 Å². The number of hydrogen-bond donors (Lipinski definition) is 2. The normalized spacial score (nSPS) is 16.2. The highest BCUT2D eigenvalue weighted by Crippen LogP contribution is 2.35. The Morgan fingerprint density at radius 1 is 1.13 bits per heavy atom. The van der Waals surface area contributed by atoms with E-state index in [4.69, 9.17) is 9.15 Å². The van der Waals surface area contributed by atoms with Crippen LogP contribution in [0.4, 0.5) is 11.4 Å². The van der Waals surface area contributed by atoms with E-state index >= 15 is 0 Å². The van der Waals surface area contributed by atoms with Crippen molar-refractivity contribution in [3.05, 3.63) is 60.9 Å². The van der Waals surface area contributed by atoms with Gasteiger partial charge in [0.25, 0.3) is 10.0 Å². The molecule has 1 saturated heterocycles. The first-order valence-corrected chi connectivity index (χ1v) is 11.6. The fourth-order valence-corrected chi connectivity index (χ4v) is 4.98. The number of methoxy groups -OCH3 is 1. The Labute approximate surface area is 183 Å². The lowest BCUT2D eigenvalue weighted by molar-refractivity contribution is 0.380. The molecule has 1 fully saturated rings. The molecule has 0 unspecified atom stereocenters. The average Bonchev–Trinajstić information content (AvgIpc) is 3.28. The zero-order valence-electron chi connectivity index (χ0n) is 17.9. The standard InChI is InChI=1S/C23H27N3O4S/c1-23(2)16-24-11-12-26(23)18-9-10-22(29-3)20(15-18)25-31(27,28)19-7-4-6-17(14-19)21-8-5-13-30-21/h4-10,13-15,24-25H,11-12,16H2,1-3H3. The molecule has 4 rings (SSSR count). The zero-order chi connectivity index (χ0) is 22.1. The minimum atomic E-state index is -3.84. The third-order valence-electron chi connectivity index (χ3n) is 5.49. The summed E-state index contributed by atoms with van der Waals surface area (Å²) in [6.45, 7) is 6.87. The SMILES string of the molecule is COc1ccc(N2CCNCC2(C)C)cc1NS(=O)(=O)c1cccc(-c2ccco2)c1. The van der Waals surface area contributed by atoms with Crippen LogP contribution < -0.4 is 19.7 Å². The number of anilines is 2. The van der Waals surface area contributed by atoms with Crippen molar-refractivity contribution in [2.45, 2.75) is 24.3 Å². The van der Waals surface area contributed by atoms with Crippen LogP contribution in [0.3, 0.4) is 0 Å². The molecular formula is C23H27N3O4S. The summed E-state index contributed by atoms with van der Waals surface area (Å²) in [7, 11) is -2.31. The molecule has 0 spiro atoms. The second kappa shape index (κ2) is 8.28. The number of furan rings is 1. The fraction of sp³-hybridized carbons (Fsp3) is 0.304. The van der Waals surface area contributed by atoms with Gasteiger partial charge in [0, 0.05) is 36.4 Å². The minimum absolute atomic E-state index is 0.0969. The van der Waals surface area contributed by atoms with Gasteiger partial charge >= 0.3 is 0 Å². The lowest BCUT2D eigenvalue weighted by Crippen LogP contribution is -2.58. The molecule has 0 atom stereocenters. The number of sulfonamides is 1. The van der Waals surface area contributed by atoms with E-state index in [-0.39, 0.29) is 10.4 Å². The van der Waals surface area contributed by atoms with Crippen molar-refractivity contribution in [3.63, 3.8) is 0 Å². The van der Waals surface area contributed by atoms with Crippen molar-refractivity contribution in [1.29, 1.82) is 0 Å². The van der Waals surface area contributed by atoms with Gasteiger partial charge in [0.2, 0.25) is 0 Å². The molecule has 0 amide bonds. The summed E-state index contributed by atoms with van der Waals surface area (Å²) in [5, 5.41) is 3.40. The quantitative estimate of drug-likeness (QED) is 0.603. The molecule has 0 aliphatic carbocycles. The maximum absolute atomic E-state index is 13.2. The molecule has 1 aliphatic rings. The maximum Gasteiger partial charge on any atom is 0.262 e. The van der Waals surface area contributed by atoms with Crippen molar-refractivity contribution >= 4 is 21.4 Å². The first kappa shape index (κ1) is 21.3. The molecule has 8 heteroatoms. The molecular weight excluding hydrogens is 414 g/mol. The van der Waals surface area contributed by atoms with Crippen LogP contribution in [0, 0.1) is 0 Å². The zero-order valence-corrected chi connectivity index (χ0v) is 18.7. The molecule has 1 aliphatic heterocycles. The Morgan fingerprint density at radius 2 is 1.97 bits per heavy atom. The highest BCUT2D eigenvalue weighted by atomic mass is 32.2. The molecule has 0 bridgehead atoms. The molecule has 164 valence electrons. The number of nitrogens with one attached hydrogen (secondary N) is 2. The Kier molecular flexibility index (Phi) is 5.68. The minimum Gasteiger partial charge on any atom is -0.495 e. The third-order valence-corrected chi connectivity index (χ3v) is 6.85. The summed E-state index contributed by atoms with van der Waals surface area (Å²) in [6.07, 6.45) is 1.56. The Morgan fingerprint density at radius 3 is 2.68 bits per heavy atom. The van der Waals surface area contributed by atoms with Crippen LogP contribution >= 0.6 is 0 Å². The van der Waals surface area contributed by atoms with Crippen LogP contribution in [0.5, 0.6) is 5.75 Å². The van der Waals surface area contributed by atoms with Gasteiger partial charge in [-0.1, -0.05) is 12.1 Å². The highest BCUT2D eigenvalue weighted by Gasteiger charge is 2.30. The second-order valence-electron chi connectivity index (χ2n) is 8.14. The molecule has 0 radical (unpaired) electrons. The lowest BCUT2D eigenvalue weighted by atomic mass is 9.99. The molecule has 2 heterocycles. The smallest absolute Gasteiger partial charge is 0.262 e. The Bertz CT molecular complexity index is 1160. The topological polar surface area (TPSA) is 83.8 Å². The summed E-state index contributed by atoms with van der Waals surface area (Å²) in [6, 6.07) is 15.8. The Hall–Kier alpha value is -2.97. The van der Waals surface area contributed by atoms with E-state index in [1.165, 1.54) is 7.11 Å². The maximum atomic E-state index is 13.2. The predicted molar refractivity (Wildman–Crippen MR) is 122 cm³/mol. The van der Waals surface area contributed by atoms with Gasteiger partial charge in [-0.15, -0.1) is 0 Å². The van der Waals surface area contributed by atoms with Gasteiger partial charge in [-0.25, -0.2) is 8.42 Å². The third kappa shape index (κ3) is 4.40. The highest BCUT2D eigenvalue weighted by molar-refractivity contribution is 7.92. The summed E-state index contributed by atoms with van der Waals surface area (Å²) in [4.78, 5) is 2.43. The number of hydrogen-bond acceptors (Lipinski definition) is 6.